The highest BCUT2D eigenvalue weighted by atomic mass is 16.5. The summed E-state index contributed by atoms with van der Waals surface area (Å²) >= 11 is 0. The Morgan fingerprint density at radius 3 is 3.20 bits per heavy atom. The van der Waals surface area contributed by atoms with Gasteiger partial charge in [-0.25, -0.2) is 9.67 Å². The Morgan fingerprint density at radius 1 is 1.48 bits per heavy atom. The summed E-state index contributed by atoms with van der Waals surface area (Å²) in [5.41, 5.74) is 1.03. The number of benzene rings is 1. The minimum atomic E-state index is 0.256. The normalized spacial score (nSPS) is 16.6. The molecule has 0 saturated carbocycles. The SMILES string of the molecule is C#CCOc1ccccc1CNC(=NC)NC1CCc2ncnn2C1. The summed E-state index contributed by atoms with van der Waals surface area (Å²) in [4.78, 5) is 8.56. The predicted molar refractivity (Wildman–Crippen MR) is 96.2 cm³/mol. The lowest BCUT2D eigenvalue weighted by atomic mass is 10.1. The summed E-state index contributed by atoms with van der Waals surface area (Å²) < 4.78 is 7.52. The van der Waals surface area contributed by atoms with Gasteiger partial charge in [0.15, 0.2) is 5.96 Å². The van der Waals surface area contributed by atoms with E-state index < -0.39 is 0 Å². The summed E-state index contributed by atoms with van der Waals surface area (Å²) in [6, 6.07) is 8.10. The Kier molecular flexibility index (Phi) is 5.52. The van der Waals surface area contributed by atoms with E-state index in [2.05, 4.69) is 31.6 Å². The van der Waals surface area contributed by atoms with Crippen LogP contribution >= 0.6 is 0 Å². The fraction of sp³-hybridized carbons (Fsp3) is 0.389. The van der Waals surface area contributed by atoms with Crippen LogP contribution in [-0.4, -0.2) is 40.4 Å². The van der Waals surface area contributed by atoms with Crippen molar-refractivity contribution in [2.75, 3.05) is 13.7 Å². The fourth-order valence-corrected chi connectivity index (χ4v) is 2.83. The molecule has 0 bridgehead atoms. The molecule has 0 saturated heterocycles. The number of para-hydroxylation sites is 1. The van der Waals surface area contributed by atoms with E-state index in [0.29, 0.717) is 6.54 Å². The quantitative estimate of drug-likeness (QED) is 0.483. The minimum absolute atomic E-state index is 0.256. The second kappa shape index (κ2) is 8.20. The van der Waals surface area contributed by atoms with E-state index in [1.54, 1.807) is 13.4 Å². The maximum absolute atomic E-state index is 5.58. The molecule has 0 radical (unpaired) electrons. The van der Waals surface area contributed by atoms with Crippen molar-refractivity contribution in [2.24, 2.45) is 4.99 Å². The molecule has 1 atom stereocenters. The molecule has 2 heterocycles. The highest BCUT2D eigenvalue weighted by molar-refractivity contribution is 5.80. The summed E-state index contributed by atoms with van der Waals surface area (Å²) in [6.45, 7) is 1.64. The van der Waals surface area contributed by atoms with Gasteiger partial charge in [0, 0.05) is 31.6 Å². The van der Waals surface area contributed by atoms with Crippen LogP contribution in [-0.2, 0) is 19.5 Å². The number of aromatic nitrogens is 3. The van der Waals surface area contributed by atoms with Crippen LogP contribution in [0.5, 0.6) is 5.75 Å². The molecule has 0 amide bonds. The molecule has 1 aliphatic heterocycles. The lowest BCUT2D eigenvalue weighted by Gasteiger charge is -2.25. The van der Waals surface area contributed by atoms with Crippen LogP contribution in [0, 0.1) is 12.3 Å². The smallest absolute Gasteiger partial charge is 0.191 e. The molecule has 0 aliphatic carbocycles. The van der Waals surface area contributed by atoms with Crippen LogP contribution < -0.4 is 15.4 Å². The number of fused-ring (bicyclic) bond motifs is 1. The van der Waals surface area contributed by atoms with Crippen molar-refractivity contribution in [3.05, 3.63) is 42.0 Å². The number of hydrogen-bond acceptors (Lipinski definition) is 4. The Balaban J connectivity index is 1.56. The molecule has 1 aromatic carbocycles. The number of ether oxygens (including phenoxy) is 1. The first-order valence-corrected chi connectivity index (χ1v) is 8.28. The van der Waals surface area contributed by atoms with Gasteiger partial charge in [-0.3, -0.25) is 4.99 Å². The third-order valence-electron chi connectivity index (χ3n) is 4.10. The first-order chi connectivity index (χ1) is 12.3. The van der Waals surface area contributed by atoms with Gasteiger partial charge in [0.25, 0.3) is 0 Å². The van der Waals surface area contributed by atoms with Gasteiger partial charge in [0.2, 0.25) is 0 Å². The molecular weight excluding hydrogens is 316 g/mol. The highest BCUT2D eigenvalue weighted by Crippen LogP contribution is 2.17. The standard InChI is InChI=1S/C18H22N6O/c1-3-10-25-16-7-5-4-6-14(16)11-20-18(19-2)23-15-8-9-17-21-13-22-24(17)12-15/h1,4-7,13,15H,8-12H2,2H3,(H2,19,20,23). The maximum Gasteiger partial charge on any atom is 0.191 e. The van der Waals surface area contributed by atoms with Crippen molar-refractivity contribution < 1.29 is 4.74 Å². The van der Waals surface area contributed by atoms with Crippen molar-refractivity contribution in [1.29, 1.82) is 0 Å². The number of guanidine groups is 1. The summed E-state index contributed by atoms with van der Waals surface area (Å²) in [6.07, 6.45) is 8.79. The van der Waals surface area contributed by atoms with Gasteiger partial charge >= 0.3 is 0 Å². The molecule has 0 spiro atoms. The van der Waals surface area contributed by atoms with E-state index in [0.717, 1.165) is 42.5 Å². The number of aryl methyl sites for hydroxylation is 1. The van der Waals surface area contributed by atoms with E-state index in [1.165, 1.54) is 0 Å². The molecule has 1 aromatic heterocycles. The van der Waals surface area contributed by atoms with Crippen molar-refractivity contribution in [3.8, 4) is 18.1 Å². The number of hydrogen-bond donors (Lipinski definition) is 2. The second-order valence-electron chi connectivity index (χ2n) is 5.76. The molecule has 7 heteroatoms. The zero-order valence-corrected chi connectivity index (χ0v) is 14.3. The van der Waals surface area contributed by atoms with Gasteiger partial charge in [-0.2, -0.15) is 5.10 Å². The van der Waals surface area contributed by atoms with Gasteiger partial charge in [0.05, 0.1) is 6.54 Å². The summed E-state index contributed by atoms with van der Waals surface area (Å²) in [5.74, 6) is 5.07. The van der Waals surface area contributed by atoms with Crippen LogP contribution in [0.1, 0.15) is 17.8 Å². The summed E-state index contributed by atoms with van der Waals surface area (Å²) in [5, 5.41) is 11.0. The van der Waals surface area contributed by atoms with E-state index in [9.17, 15) is 0 Å². The highest BCUT2D eigenvalue weighted by Gasteiger charge is 2.20. The van der Waals surface area contributed by atoms with Crippen LogP contribution in [0.25, 0.3) is 0 Å². The number of aliphatic imine (C=N–C) groups is 1. The fourth-order valence-electron chi connectivity index (χ4n) is 2.83. The molecule has 2 N–H and O–H groups in total. The van der Waals surface area contributed by atoms with Gasteiger partial charge in [-0.1, -0.05) is 24.1 Å². The number of nitrogens with one attached hydrogen (secondary N) is 2. The van der Waals surface area contributed by atoms with Crippen molar-refractivity contribution in [2.45, 2.75) is 32.0 Å². The molecule has 3 rings (SSSR count). The van der Waals surface area contributed by atoms with Crippen molar-refractivity contribution >= 4 is 5.96 Å². The number of nitrogens with zero attached hydrogens (tertiary/aromatic N) is 4. The van der Waals surface area contributed by atoms with Crippen molar-refractivity contribution in [3.63, 3.8) is 0 Å². The Labute approximate surface area is 147 Å². The first kappa shape index (κ1) is 16.8. The zero-order chi connectivity index (χ0) is 17.5. The Morgan fingerprint density at radius 2 is 2.36 bits per heavy atom. The van der Waals surface area contributed by atoms with E-state index in [4.69, 9.17) is 11.2 Å². The second-order valence-corrected chi connectivity index (χ2v) is 5.76. The predicted octanol–water partition coefficient (Wildman–Crippen LogP) is 0.970. The van der Waals surface area contributed by atoms with Gasteiger partial charge in [-0.15, -0.1) is 6.42 Å². The molecule has 1 aliphatic rings. The molecule has 1 unspecified atom stereocenters. The molecule has 130 valence electrons. The van der Waals surface area contributed by atoms with Crippen LogP contribution in [0.15, 0.2) is 35.6 Å². The molecule has 2 aromatic rings. The topological polar surface area (TPSA) is 76.4 Å². The summed E-state index contributed by atoms with van der Waals surface area (Å²) in [7, 11) is 1.76. The van der Waals surface area contributed by atoms with Crippen LogP contribution in [0.4, 0.5) is 0 Å². The Hall–Kier alpha value is -3.01. The van der Waals surface area contributed by atoms with Gasteiger partial charge < -0.3 is 15.4 Å². The van der Waals surface area contributed by atoms with Crippen LogP contribution in [0.3, 0.4) is 0 Å². The minimum Gasteiger partial charge on any atom is -0.481 e. The largest absolute Gasteiger partial charge is 0.481 e. The van der Waals surface area contributed by atoms with E-state index in [-0.39, 0.29) is 12.6 Å². The third-order valence-corrected chi connectivity index (χ3v) is 4.10. The Bertz CT molecular complexity index is 776. The first-order valence-electron chi connectivity index (χ1n) is 8.28. The third kappa shape index (κ3) is 4.29. The van der Waals surface area contributed by atoms with Crippen LogP contribution in [0.2, 0.25) is 0 Å². The van der Waals surface area contributed by atoms with Gasteiger partial charge in [-0.05, 0) is 12.5 Å². The lowest BCUT2D eigenvalue weighted by Crippen LogP contribution is -2.46. The molecule has 0 fully saturated rings. The maximum atomic E-state index is 5.58. The molecule has 25 heavy (non-hydrogen) atoms. The van der Waals surface area contributed by atoms with E-state index >= 15 is 0 Å². The average Bonchev–Trinajstić information content (AvgIpc) is 3.11. The van der Waals surface area contributed by atoms with E-state index in [1.807, 2.05) is 28.9 Å². The lowest BCUT2D eigenvalue weighted by molar-refractivity contribution is 0.365. The van der Waals surface area contributed by atoms with Gasteiger partial charge in [0.1, 0.15) is 24.5 Å². The zero-order valence-electron chi connectivity index (χ0n) is 14.3. The average molecular weight is 338 g/mol. The number of terminal acetylenes is 1. The molecular formula is C18H22N6O. The monoisotopic (exact) mass is 338 g/mol. The number of rotatable bonds is 5. The molecule has 7 nitrogen and oxygen atoms in total. The van der Waals surface area contributed by atoms with Crippen molar-refractivity contribution in [1.82, 2.24) is 25.4 Å².